The molecule has 1 N–H and O–H groups in total. The maximum Gasteiger partial charge on any atom is 0.278 e. The Morgan fingerprint density at radius 3 is 2.67 bits per heavy atom. The molecule has 27 heavy (non-hydrogen) atoms. The third-order valence-corrected chi connectivity index (χ3v) is 7.19. The first-order valence-corrected chi connectivity index (χ1v) is 11.4. The van der Waals surface area contributed by atoms with E-state index >= 15 is 0 Å². The minimum Gasteiger partial charge on any atom is -0.383 e. The van der Waals surface area contributed by atoms with Crippen molar-refractivity contribution < 1.29 is 22.8 Å². The summed E-state index contributed by atoms with van der Waals surface area (Å²) >= 11 is 0. The van der Waals surface area contributed by atoms with Gasteiger partial charge in [0.25, 0.3) is 5.91 Å². The standard InChI is InChI=1S/C20H28N2O4S/c1-26-13-12-22(19-9-14-27(24,25)16-19)20(23)15-21-10-7-18(8-11-21)17-5-3-2-4-6-17/h2-7,19H,8-16H2,1H3/p+1/t19-/m0/s1. The van der Waals surface area contributed by atoms with Gasteiger partial charge < -0.3 is 14.5 Å². The zero-order chi connectivity index (χ0) is 19.3. The first-order valence-electron chi connectivity index (χ1n) is 9.55. The number of rotatable bonds is 7. The zero-order valence-electron chi connectivity index (χ0n) is 15.9. The van der Waals surface area contributed by atoms with E-state index < -0.39 is 9.84 Å². The highest BCUT2D eigenvalue weighted by molar-refractivity contribution is 7.91. The van der Waals surface area contributed by atoms with Crippen LogP contribution in [0.5, 0.6) is 0 Å². The van der Waals surface area contributed by atoms with Crippen molar-refractivity contribution >= 4 is 21.3 Å². The Kier molecular flexibility index (Phi) is 6.68. The summed E-state index contributed by atoms with van der Waals surface area (Å²) in [5, 5.41) is 0. The molecule has 1 aromatic rings. The normalized spacial score (nSPS) is 24.4. The average molecular weight is 394 g/mol. The highest BCUT2D eigenvalue weighted by atomic mass is 32.2. The van der Waals surface area contributed by atoms with Gasteiger partial charge in [-0.05, 0) is 23.6 Å². The van der Waals surface area contributed by atoms with Gasteiger partial charge in [0.2, 0.25) is 0 Å². The van der Waals surface area contributed by atoms with E-state index in [-0.39, 0.29) is 23.5 Å². The smallest absolute Gasteiger partial charge is 0.278 e. The van der Waals surface area contributed by atoms with Gasteiger partial charge in [0.05, 0.1) is 31.2 Å². The van der Waals surface area contributed by atoms with Gasteiger partial charge in [-0.15, -0.1) is 0 Å². The molecule has 6 nitrogen and oxygen atoms in total. The van der Waals surface area contributed by atoms with Gasteiger partial charge in [-0.3, -0.25) is 4.79 Å². The Bertz CT molecular complexity index is 776. The van der Waals surface area contributed by atoms with Gasteiger partial charge in [-0.25, -0.2) is 8.42 Å². The Hall–Kier alpha value is -1.70. The van der Waals surface area contributed by atoms with Crippen molar-refractivity contribution in [3.8, 4) is 0 Å². The van der Waals surface area contributed by atoms with Gasteiger partial charge in [0.1, 0.15) is 0 Å². The van der Waals surface area contributed by atoms with Crippen molar-refractivity contribution in [2.45, 2.75) is 18.9 Å². The molecule has 1 aromatic carbocycles. The van der Waals surface area contributed by atoms with E-state index in [9.17, 15) is 13.2 Å². The maximum atomic E-state index is 12.9. The fourth-order valence-corrected chi connectivity index (χ4v) is 5.63. The van der Waals surface area contributed by atoms with E-state index in [1.54, 1.807) is 12.0 Å². The molecule has 1 saturated heterocycles. The van der Waals surface area contributed by atoms with Crippen LogP contribution in [0.1, 0.15) is 18.4 Å². The molecule has 1 fully saturated rings. The molecule has 148 valence electrons. The average Bonchev–Trinajstić information content (AvgIpc) is 3.03. The number of amides is 1. The van der Waals surface area contributed by atoms with Crippen LogP contribution in [-0.2, 0) is 19.4 Å². The number of nitrogens with zero attached hydrogens (tertiary/aromatic N) is 1. The first-order chi connectivity index (χ1) is 13.0. The SMILES string of the molecule is COCCN(C(=O)C[NH+]1CC=C(c2ccccc2)CC1)[C@H]1CCS(=O)(=O)C1. The summed E-state index contributed by atoms with van der Waals surface area (Å²) in [6.07, 6.45) is 3.70. The Morgan fingerprint density at radius 1 is 1.30 bits per heavy atom. The summed E-state index contributed by atoms with van der Waals surface area (Å²) in [5.74, 6) is 0.282. The summed E-state index contributed by atoms with van der Waals surface area (Å²) in [5.41, 5.74) is 2.59. The quantitative estimate of drug-likeness (QED) is 0.709. The molecule has 3 rings (SSSR count). The molecule has 1 amide bonds. The van der Waals surface area contributed by atoms with Crippen molar-refractivity contribution in [2.24, 2.45) is 0 Å². The number of ether oxygens (including phenoxy) is 1. The summed E-state index contributed by atoms with van der Waals surface area (Å²) in [6, 6.07) is 10.1. The number of carbonyl (C=O) groups excluding carboxylic acids is 1. The van der Waals surface area contributed by atoms with Crippen LogP contribution < -0.4 is 4.90 Å². The Labute approximate surface area is 161 Å². The second-order valence-corrected chi connectivity index (χ2v) is 9.59. The number of nitrogens with one attached hydrogen (secondary N) is 1. The molecular formula is C20H29N2O4S+. The lowest BCUT2D eigenvalue weighted by atomic mass is 9.99. The second-order valence-electron chi connectivity index (χ2n) is 7.36. The zero-order valence-corrected chi connectivity index (χ0v) is 16.7. The highest BCUT2D eigenvalue weighted by Crippen LogP contribution is 2.19. The Balaban J connectivity index is 1.60. The molecule has 2 aliphatic rings. The van der Waals surface area contributed by atoms with E-state index in [4.69, 9.17) is 4.74 Å². The summed E-state index contributed by atoms with van der Waals surface area (Å²) in [7, 11) is -1.42. The van der Waals surface area contributed by atoms with Crippen molar-refractivity contribution in [2.75, 3.05) is 51.4 Å². The molecule has 2 heterocycles. The van der Waals surface area contributed by atoms with Gasteiger partial charge in [-0.2, -0.15) is 0 Å². The molecule has 2 atom stereocenters. The highest BCUT2D eigenvalue weighted by Gasteiger charge is 2.35. The lowest BCUT2D eigenvalue weighted by molar-refractivity contribution is -0.887. The van der Waals surface area contributed by atoms with Crippen LogP contribution >= 0.6 is 0 Å². The molecular weight excluding hydrogens is 364 g/mol. The number of carbonyl (C=O) groups is 1. The molecule has 0 spiro atoms. The van der Waals surface area contributed by atoms with E-state index in [2.05, 4.69) is 18.2 Å². The van der Waals surface area contributed by atoms with E-state index in [0.717, 1.165) is 19.5 Å². The number of hydrogen-bond donors (Lipinski definition) is 1. The predicted molar refractivity (Wildman–Crippen MR) is 105 cm³/mol. The fraction of sp³-hybridized carbons (Fsp3) is 0.550. The monoisotopic (exact) mass is 393 g/mol. The van der Waals surface area contributed by atoms with Crippen LogP contribution in [0.25, 0.3) is 5.57 Å². The number of quaternary nitrogens is 1. The molecule has 1 unspecified atom stereocenters. The minimum atomic E-state index is -3.02. The number of methoxy groups -OCH3 is 1. The number of hydrogen-bond acceptors (Lipinski definition) is 4. The predicted octanol–water partition coefficient (Wildman–Crippen LogP) is 0.0207. The lowest BCUT2D eigenvalue weighted by Gasteiger charge is -2.30. The molecule has 7 heteroatoms. The fourth-order valence-electron chi connectivity index (χ4n) is 3.90. The maximum absolute atomic E-state index is 12.9. The van der Waals surface area contributed by atoms with Gasteiger partial charge >= 0.3 is 0 Å². The number of sulfone groups is 1. The van der Waals surface area contributed by atoms with Crippen LogP contribution in [-0.4, -0.2) is 76.7 Å². The third kappa shape index (κ3) is 5.40. The van der Waals surface area contributed by atoms with Crippen molar-refractivity contribution in [1.29, 1.82) is 0 Å². The van der Waals surface area contributed by atoms with Crippen LogP contribution in [0.4, 0.5) is 0 Å². The van der Waals surface area contributed by atoms with Crippen LogP contribution in [0.3, 0.4) is 0 Å². The molecule has 0 radical (unpaired) electrons. The summed E-state index contributed by atoms with van der Waals surface area (Å²) in [6.45, 7) is 3.01. The number of benzene rings is 1. The van der Waals surface area contributed by atoms with Gasteiger partial charge in [0, 0.05) is 26.1 Å². The molecule has 0 aromatic heterocycles. The lowest BCUT2D eigenvalue weighted by Crippen LogP contribution is -3.13. The molecule has 0 saturated carbocycles. The van der Waals surface area contributed by atoms with E-state index in [0.29, 0.717) is 26.1 Å². The van der Waals surface area contributed by atoms with Crippen molar-refractivity contribution in [1.82, 2.24) is 4.90 Å². The first kappa shape index (κ1) is 20.0. The van der Waals surface area contributed by atoms with Crippen LogP contribution in [0.2, 0.25) is 0 Å². The Morgan fingerprint density at radius 2 is 2.07 bits per heavy atom. The van der Waals surface area contributed by atoms with Crippen molar-refractivity contribution in [3.63, 3.8) is 0 Å². The largest absolute Gasteiger partial charge is 0.383 e. The van der Waals surface area contributed by atoms with Gasteiger partial charge in [0.15, 0.2) is 16.4 Å². The second kappa shape index (κ2) is 8.99. The third-order valence-electron chi connectivity index (χ3n) is 5.44. The van der Waals surface area contributed by atoms with E-state index in [1.807, 2.05) is 18.2 Å². The molecule has 2 aliphatic heterocycles. The topological polar surface area (TPSA) is 68.1 Å². The minimum absolute atomic E-state index is 0.0284. The van der Waals surface area contributed by atoms with Crippen molar-refractivity contribution in [3.05, 3.63) is 42.0 Å². The molecule has 0 bridgehead atoms. The molecule has 0 aliphatic carbocycles. The van der Waals surface area contributed by atoms with Gasteiger partial charge in [-0.1, -0.05) is 30.3 Å². The van der Waals surface area contributed by atoms with Crippen LogP contribution in [0.15, 0.2) is 36.4 Å². The van der Waals surface area contributed by atoms with Crippen LogP contribution in [0, 0.1) is 0 Å². The summed E-state index contributed by atoms with van der Waals surface area (Å²) in [4.78, 5) is 15.9. The summed E-state index contributed by atoms with van der Waals surface area (Å²) < 4.78 is 28.8. The van der Waals surface area contributed by atoms with E-state index in [1.165, 1.54) is 16.0 Å².